The Kier molecular flexibility index (Phi) is 6.63. The highest BCUT2D eigenvalue weighted by atomic mass is 35.5. The molecule has 0 aromatic heterocycles. The molecule has 5 nitrogen and oxygen atoms in total. The first-order chi connectivity index (χ1) is 13.8. The summed E-state index contributed by atoms with van der Waals surface area (Å²) in [7, 11) is 3.88. The number of nitrogens with zero attached hydrogens (tertiary/aromatic N) is 2. The highest BCUT2D eigenvalue weighted by Crippen LogP contribution is 2.42. The van der Waals surface area contributed by atoms with Gasteiger partial charge in [-0.2, -0.15) is 0 Å². The fourth-order valence-electron chi connectivity index (χ4n) is 3.47. The Morgan fingerprint density at radius 3 is 2.41 bits per heavy atom. The number of amides is 1. The molecule has 0 spiro atoms. The van der Waals surface area contributed by atoms with E-state index >= 15 is 0 Å². The van der Waals surface area contributed by atoms with Crippen LogP contribution in [0.2, 0.25) is 10.0 Å². The van der Waals surface area contributed by atoms with E-state index in [9.17, 15) is 14.7 Å². The molecule has 1 N–H and O–H groups in total. The van der Waals surface area contributed by atoms with Crippen molar-refractivity contribution in [3.05, 3.63) is 75.3 Å². The van der Waals surface area contributed by atoms with Crippen LogP contribution in [0.4, 0.5) is 0 Å². The lowest BCUT2D eigenvalue weighted by molar-refractivity contribution is -0.139. The minimum absolute atomic E-state index is 0.0373. The molecule has 1 fully saturated rings. The number of rotatable bonds is 6. The first-order valence-corrected chi connectivity index (χ1v) is 10.0. The van der Waals surface area contributed by atoms with Crippen molar-refractivity contribution in [2.45, 2.75) is 12.5 Å². The molecule has 1 aliphatic rings. The van der Waals surface area contributed by atoms with Gasteiger partial charge in [-0.3, -0.25) is 9.59 Å². The lowest BCUT2D eigenvalue weighted by Crippen LogP contribution is -2.32. The molecule has 1 aliphatic heterocycles. The molecule has 7 heteroatoms. The number of carbonyl (C=O) groups excluding carboxylic acids is 2. The molecule has 1 saturated heterocycles. The standard InChI is InChI=1S/C22H22Cl2N2O3/c1-25(2)11-6-12-26-19(16-10-9-15(23)13-17(16)24)18(21(28)22(26)29)20(27)14-7-4-3-5-8-14/h3-5,7-10,13,19,27H,6,11-12H2,1-2H3/b20-18+. The molecular formula is C22H22Cl2N2O3. The van der Waals surface area contributed by atoms with Crippen LogP contribution < -0.4 is 0 Å². The Hall–Kier alpha value is -2.34. The van der Waals surface area contributed by atoms with E-state index < -0.39 is 17.7 Å². The summed E-state index contributed by atoms with van der Waals surface area (Å²) in [5, 5.41) is 11.7. The number of ketones is 1. The van der Waals surface area contributed by atoms with Crippen LogP contribution in [0, 0.1) is 0 Å². The van der Waals surface area contributed by atoms with Crippen LogP contribution in [-0.2, 0) is 9.59 Å². The van der Waals surface area contributed by atoms with E-state index in [4.69, 9.17) is 23.2 Å². The molecule has 1 heterocycles. The largest absolute Gasteiger partial charge is 0.507 e. The number of benzene rings is 2. The summed E-state index contributed by atoms with van der Waals surface area (Å²) in [6.07, 6.45) is 0.674. The van der Waals surface area contributed by atoms with Crippen molar-refractivity contribution in [3.63, 3.8) is 0 Å². The molecule has 0 radical (unpaired) electrons. The average molecular weight is 433 g/mol. The first-order valence-electron chi connectivity index (χ1n) is 9.24. The van der Waals surface area contributed by atoms with Gasteiger partial charge in [0.1, 0.15) is 5.76 Å². The van der Waals surface area contributed by atoms with Crippen LogP contribution in [-0.4, -0.2) is 53.8 Å². The summed E-state index contributed by atoms with van der Waals surface area (Å²) in [5.74, 6) is -1.57. The van der Waals surface area contributed by atoms with Gasteiger partial charge < -0.3 is 14.9 Å². The van der Waals surface area contributed by atoms with Gasteiger partial charge in [-0.25, -0.2) is 0 Å². The fraction of sp³-hybridized carbons (Fsp3) is 0.273. The Balaban J connectivity index is 2.12. The van der Waals surface area contributed by atoms with Gasteiger partial charge >= 0.3 is 0 Å². The van der Waals surface area contributed by atoms with Gasteiger partial charge in [0.2, 0.25) is 0 Å². The van der Waals surface area contributed by atoms with E-state index in [2.05, 4.69) is 0 Å². The number of likely N-dealkylation sites (tertiary alicyclic amines) is 1. The first kappa shape index (κ1) is 21.4. The lowest BCUT2D eigenvalue weighted by Gasteiger charge is -2.26. The molecule has 2 aromatic carbocycles. The second kappa shape index (κ2) is 8.99. The Bertz CT molecular complexity index is 958. The van der Waals surface area contributed by atoms with Gasteiger partial charge in [-0.1, -0.05) is 59.6 Å². The van der Waals surface area contributed by atoms with Gasteiger partial charge in [-0.05, 0) is 44.8 Å². The molecule has 1 atom stereocenters. The number of carbonyl (C=O) groups is 2. The summed E-state index contributed by atoms with van der Waals surface area (Å²) in [6, 6.07) is 12.8. The van der Waals surface area contributed by atoms with E-state index in [1.165, 1.54) is 4.90 Å². The maximum Gasteiger partial charge on any atom is 0.295 e. The van der Waals surface area contributed by atoms with Gasteiger partial charge in [0, 0.05) is 22.2 Å². The van der Waals surface area contributed by atoms with Gasteiger partial charge in [0.25, 0.3) is 11.7 Å². The highest BCUT2D eigenvalue weighted by molar-refractivity contribution is 6.47. The molecule has 3 rings (SSSR count). The number of aliphatic hydroxyl groups is 1. The van der Waals surface area contributed by atoms with Crippen molar-refractivity contribution < 1.29 is 14.7 Å². The molecule has 0 aliphatic carbocycles. The molecule has 152 valence electrons. The monoisotopic (exact) mass is 432 g/mol. The second-order valence-electron chi connectivity index (χ2n) is 7.18. The smallest absolute Gasteiger partial charge is 0.295 e. The van der Waals surface area contributed by atoms with E-state index in [-0.39, 0.29) is 11.3 Å². The zero-order chi connectivity index (χ0) is 21.1. The minimum Gasteiger partial charge on any atom is -0.507 e. The molecule has 29 heavy (non-hydrogen) atoms. The van der Waals surface area contributed by atoms with E-state index in [0.29, 0.717) is 34.1 Å². The predicted molar refractivity (Wildman–Crippen MR) is 115 cm³/mol. The number of aliphatic hydroxyl groups excluding tert-OH is 1. The molecular weight excluding hydrogens is 411 g/mol. The van der Waals surface area contributed by atoms with Gasteiger partial charge in [-0.15, -0.1) is 0 Å². The normalized spacial score (nSPS) is 18.7. The number of Topliss-reactive ketones (excluding diaryl/α,β-unsaturated/α-hetero) is 1. The fourth-order valence-corrected chi connectivity index (χ4v) is 3.98. The van der Waals surface area contributed by atoms with Crippen LogP contribution in [0.15, 0.2) is 54.1 Å². The third-order valence-electron chi connectivity index (χ3n) is 4.85. The summed E-state index contributed by atoms with van der Waals surface area (Å²) < 4.78 is 0. The van der Waals surface area contributed by atoms with Crippen LogP contribution in [0.5, 0.6) is 0 Å². The van der Waals surface area contributed by atoms with Crippen molar-refractivity contribution in [1.82, 2.24) is 9.80 Å². The van der Waals surface area contributed by atoms with E-state index in [1.807, 2.05) is 25.1 Å². The van der Waals surface area contributed by atoms with Gasteiger partial charge in [0.05, 0.1) is 11.6 Å². The summed E-state index contributed by atoms with van der Waals surface area (Å²) in [4.78, 5) is 29.2. The lowest BCUT2D eigenvalue weighted by atomic mass is 9.95. The van der Waals surface area contributed by atoms with Crippen molar-refractivity contribution in [3.8, 4) is 0 Å². The maximum absolute atomic E-state index is 12.9. The highest BCUT2D eigenvalue weighted by Gasteiger charge is 2.46. The van der Waals surface area contributed by atoms with Crippen LogP contribution in [0.3, 0.4) is 0 Å². The quantitative estimate of drug-likeness (QED) is 0.418. The minimum atomic E-state index is -0.776. The second-order valence-corrected chi connectivity index (χ2v) is 8.02. The van der Waals surface area contributed by atoms with Crippen molar-refractivity contribution in [2.75, 3.05) is 27.2 Å². The summed E-state index contributed by atoms with van der Waals surface area (Å²) >= 11 is 12.5. The average Bonchev–Trinajstić information content (AvgIpc) is 2.93. The molecule has 1 amide bonds. The number of hydrogen-bond donors (Lipinski definition) is 1. The van der Waals surface area contributed by atoms with Gasteiger partial charge in [0.15, 0.2) is 0 Å². The molecule has 2 aromatic rings. The van der Waals surface area contributed by atoms with Crippen molar-refractivity contribution in [2.24, 2.45) is 0 Å². The van der Waals surface area contributed by atoms with E-state index in [1.54, 1.807) is 42.5 Å². The Morgan fingerprint density at radius 2 is 1.79 bits per heavy atom. The summed E-state index contributed by atoms with van der Waals surface area (Å²) in [6.45, 7) is 1.11. The number of halogens is 2. The third-order valence-corrected chi connectivity index (χ3v) is 5.41. The van der Waals surface area contributed by atoms with Crippen molar-refractivity contribution >= 4 is 40.7 Å². The Morgan fingerprint density at radius 1 is 1.10 bits per heavy atom. The SMILES string of the molecule is CN(C)CCCN1C(=O)C(=O)/C(=C(/O)c2ccccc2)C1c1ccc(Cl)cc1Cl. The number of hydrogen-bond acceptors (Lipinski definition) is 4. The third kappa shape index (κ3) is 4.47. The van der Waals surface area contributed by atoms with Crippen LogP contribution in [0.1, 0.15) is 23.6 Å². The molecule has 1 unspecified atom stereocenters. The summed E-state index contributed by atoms with van der Waals surface area (Å²) in [5.41, 5.74) is 1.06. The zero-order valence-corrected chi connectivity index (χ0v) is 17.7. The molecule has 0 bridgehead atoms. The zero-order valence-electron chi connectivity index (χ0n) is 16.2. The van der Waals surface area contributed by atoms with Crippen LogP contribution in [0.25, 0.3) is 5.76 Å². The Labute approximate surface area is 180 Å². The van der Waals surface area contributed by atoms with E-state index in [0.717, 1.165) is 6.54 Å². The topological polar surface area (TPSA) is 60.9 Å². The van der Waals surface area contributed by atoms with Crippen molar-refractivity contribution in [1.29, 1.82) is 0 Å². The maximum atomic E-state index is 12.9. The predicted octanol–water partition coefficient (Wildman–Crippen LogP) is 4.37. The molecule has 0 saturated carbocycles. The van der Waals surface area contributed by atoms with Crippen LogP contribution >= 0.6 is 23.2 Å².